The minimum absolute atomic E-state index is 0.276. The van der Waals surface area contributed by atoms with E-state index in [0.29, 0.717) is 5.75 Å². The molecule has 0 fully saturated rings. The van der Waals surface area contributed by atoms with Crippen LogP contribution in [0.25, 0.3) is 0 Å². The summed E-state index contributed by atoms with van der Waals surface area (Å²) in [5.74, 6) is -1.48. The summed E-state index contributed by atoms with van der Waals surface area (Å²) in [6, 6.07) is 7.07. The van der Waals surface area contributed by atoms with E-state index in [2.05, 4.69) is 6.92 Å². The first-order valence-electron chi connectivity index (χ1n) is 9.59. The lowest BCUT2D eigenvalue weighted by Gasteiger charge is -2.07. The van der Waals surface area contributed by atoms with E-state index in [-0.39, 0.29) is 6.61 Å². The van der Waals surface area contributed by atoms with Crippen LogP contribution in [0.1, 0.15) is 76.7 Å². The van der Waals surface area contributed by atoms with Crippen molar-refractivity contribution in [2.24, 2.45) is 0 Å². The van der Waals surface area contributed by atoms with Crippen LogP contribution in [0.2, 0.25) is 0 Å². The fourth-order valence-electron chi connectivity index (χ4n) is 2.63. The molecule has 0 aliphatic carbocycles. The quantitative estimate of drug-likeness (QED) is 0.221. The van der Waals surface area contributed by atoms with Crippen molar-refractivity contribution in [1.82, 2.24) is 0 Å². The van der Waals surface area contributed by atoms with Crippen LogP contribution in [0, 0.1) is 6.92 Å². The molecule has 4 heteroatoms. The van der Waals surface area contributed by atoms with Crippen LogP contribution in [0.5, 0.6) is 5.75 Å². The van der Waals surface area contributed by atoms with Crippen molar-refractivity contribution in [3.05, 3.63) is 29.8 Å². The Morgan fingerprint density at radius 3 is 1.96 bits per heavy atom. The normalized spacial score (nSPS) is 10.5. The summed E-state index contributed by atoms with van der Waals surface area (Å²) < 4.78 is 10.0. The number of carbonyl (C=O) groups excluding carboxylic acids is 2. The second kappa shape index (κ2) is 13.5. The number of aryl methyl sites for hydroxylation is 1. The summed E-state index contributed by atoms with van der Waals surface area (Å²) >= 11 is 0. The third kappa shape index (κ3) is 9.90. The van der Waals surface area contributed by atoms with E-state index in [1.54, 1.807) is 12.1 Å². The molecule has 0 radical (unpaired) electrons. The zero-order valence-electron chi connectivity index (χ0n) is 15.7. The molecule has 4 nitrogen and oxygen atoms in total. The molecule has 0 amide bonds. The molecule has 0 spiro atoms. The standard InChI is InChI=1S/C21H32O4/c1-3-4-5-6-7-8-9-10-11-14-17-24-20(22)21(23)25-19-16-13-12-15-18(19)2/h12-13,15-16H,3-11,14,17H2,1-2H3. The van der Waals surface area contributed by atoms with Gasteiger partial charge in [-0.05, 0) is 25.0 Å². The maximum atomic E-state index is 11.7. The number of para-hydroxylation sites is 1. The summed E-state index contributed by atoms with van der Waals surface area (Å²) in [5.41, 5.74) is 0.804. The van der Waals surface area contributed by atoms with Gasteiger partial charge in [0.25, 0.3) is 0 Å². The first kappa shape index (κ1) is 21.2. The van der Waals surface area contributed by atoms with Crippen LogP contribution in [0.3, 0.4) is 0 Å². The van der Waals surface area contributed by atoms with E-state index in [9.17, 15) is 9.59 Å². The lowest BCUT2D eigenvalue weighted by Crippen LogP contribution is -2.23. The highest BCUT2D eigenvalue weighted by Crippen LogP contribution is 2.16. The zero-order valence-corrected chi connectivity index (χ0v) is 15.7. The topological polar surface area (TPSA) is 52.6 Å². The number of hydrogen-bond acceptors (Lipinski definition) is 4. The van der Waals surface area contributed by atoms with Gasteiger partial charge < -0.3 is 9.47 Å². The van der Waals surface area contributed by atoms with Gasteiger partial charge in [0.15, 0.2) is 0 Å². The third-order valence-corrected chi connectivity index (χ3v) is 4.19. The van der Waals surface area contributed by atoms with Gasteiger partial charge in [-0.25, -0.2) is 9.59 Å². The molecular weight excluding hydrogens is 316 g/mol. The van der Waals surface area contributed by atoms with Crippen LogP contribution in [-0.2, 0) is 14.3 Å². The molecule has 0 saturated heterocycles. The number of unbranched alkanes of at least 4 members (excludes halogenated alkanes) is 9. The van der Waals surface area contributed by atoms with Crippen molar-refractivity contribution in [2.45, 2.75) is 78.1 Å². The summed E-state index contributed by atoms with van der Waals surface area (Å²) in [4.78, 5) is 23.3. The van der Waals surface area contributed by atoms with Crippen molar-refractivity contribution in [2.75, 3.05) is 6.61 Å². The highest BCUT2D eigenvalue weighted by molar-refractivity contribution is 6.30. The van der Waals surface area contributed by atoms with Crippen molar-refractivity contribution in [3.63, 3.8) is 0 Å². The van der Waals surface area contributed by atoms with Crippen molar-refractivity contribution in [1.29, 1.82) is 0 Å². The Morgan fingerprint density at radius 2 is 1.36 bits per heavy atom. The predicted octanol–water partition coefficient (Wildman–Crippen LogP) is 5.36. The first-order chi connectivity index (χ1) is 12.1. The minimum Gasteiger partial charge on any atom is -0.457 e. The second-order valence-electron chi connectivity index (χ2n) is 6.47. The number of rotatable bonds is 12. The van der Waals surface area contributed by atoms with Gasteiger partial charge in [-0.3, -0.25) is 0 Å². The summed E-state index contributed by atoms with van der Waals surface area (Å²) in [5, 5.41) is 0. The van der Waals surface area contributed by atoms with Crippen molar-refractivity contribution >= 4 is 11.9 Å². The molecule has 0 aliphatic heterocycles. The molecule has 140 valence electrons. The van der Waals surface area contributed by atoms with Gasteiger partial charge in [-0.2, -0.15) is 0 Å². The number of esters is 2. The van der Waals surface area contributed by atoms with Gasteiger partial charge in [0.05, 0.1) is 6.61 Å². The van der Waals surface area contributed by atoms with Crippen LogP contribution in [-0.4, -0.2) is 18.5 Å². The molecule has 0 heterocycles. The molecule has 0 aliphatic rings. The van der Waals surface area contributed by atoms with Gasteiger partial charge in [0.1, 0.15) is 5.75 Å². The van der Waals surface area contributed by atoms with E-state index in [1.165, 1.54) is 44.9 Å². The summed E-state index contributed by atoms with van der Waals surface area (Å²) in [6.45, 7) is 4.32. The van der Waals surface area contributed by atoms with Crippen LogP contribution >= 0.6 is 0 Å². The van der Waals surface area contributed by atoms with Crippen LogP contribution in [0.4, 0.5) is 0 Å². The molecule has 0 aromatic heterocycles. The Hall–Kier alpha value is -1.84. The van der Waals surface area contributed by atoms with E-state index in [1.807, 2.05) is 19.1 Å². The predicted molar refractivity (Wildman–Crippen MR) is 99.6 cm³/mol. The monoisotopic (exact) mass is 348 g/mol. The Kier molecular flexibility index (Phi) is 11.4. The second-order valence-corrected chi connectivity index (χ2v) is 6.47. The maximum absolute atomic E-state index is 11.7. The van der Waals surface area contributed by atoms with Crippen LogP contribution in [0.15, 0.2) is 24.3 Å². The van der Waals surface area contributed by atoms with Gasteiger partial charge in [-0.15, -0.1) is 0 Å². The van der Waals surface area contributed by atoms with Gasteiger partial charge >= 0.3 is 11.9 Å². The lowest BCUT2D eigenvalue weighted by atomic mass is 10.1. The molecule has 0 bridgehead atoms. The summed E-state index contributed by atoms with van der Waals surface area (Å²) in [7, 11) is 0. The minimum atomic E-state index is -0.957. The molecule has 0 N–H and O–H groups in total. The largest absolute Gasteiger partial charge is 0.457 e. The zero-order chi connectivity index (χ0) is 18.3. The molecule has 0 atom stereocenters. The van der Waals surface area contributed by atoms with Gasteiger partial charge in [-0.1, -0.05) is 82.9 Å². The number of benzene rings is 1. The SMILES string of the molecule is CCCCCCCCCCCCOC(=O)C(=O)Oc1ccccc1C. The number of hydrogen-bond donors (Lipinski definition) is 0. The van der Waals surface area contributed by atoms with E-state index < -0.39 is 11.9 Å². The molecule has 1 aromatic carbocycles. The fourth-order valence-corrected chi connectivity index (χ4v) is 2.63. The lowest BCUT2D eigenvalue weighted by molar-refractivity contribution is -0.162. The van der Waals surface area contributed by atoms with E-state index in [0.717, 1.165) is 24.8 Å². The molecule has 0 unspecified atom stereocenters. The third-order valence-electron chi connectivity index (χ3n) is 4.19. The number of carbonyl (C=O) groups is 2. The highest BCUT2D eigenvalue weighted by Gasteiger charge is 2.18. The molecule has 0 saturated carbocycles. The van der Waals surface area contributed by atoms with Gasteiger partial charge in [0.2, 0.25) is 0 Å². The molecule has 1 rings (SSSR count). The smallest absolute Gasteiger partial charge is 0.422 e. The van der Waals surface area contributed by atoms with Gasteiger partial charge in [0, 0.05) is 0 Å². The summed E-state index contributed by atoms with van der Waals surface area (Å²) in [6.07, 6.45) is 12.1. The maximum Gasteiger partial charge on any atom is 0.422 e. The van der Waals surface area contributed by atoms with Crippen molar-refractivity contribution < 1.29 is 19.1 Å². The molecule has 1 aromatic rings. The Labute approximate surface area is 151 Å². The molecular formula is C21H32O4. The molecule has 25 heavy (non-hydrogen) atoms. The van der Waals surface area contributed by atoms with E-state index in [4.69, 9.17) is 9.47 Å². The van der Waals surface area contributed by atoms with Crippen molar-refractivity contribution in [3.8, 4) is 5.75 Å². The van der Waals surface area contributed by atoms with Crippen LogP contribution < -0.4 is 4.74 Å². The average Bonchev–Trinajstić information content (AvgIpc) is 2.61. The first-order valence-corrected chi connectivity index (χ1v) is 9.59. The van der Waals surface area contributed by atoms with E-state index >= 15 is 0 Å². The highest BCUT2D eigenvalue weighted by atomic mass is 16.6. The Balaban J connectivity index is 2.01. The fraction of sp³-hybridized carbons (Fsp3) is 0.619. The Bertz CT molecular complexity index is 510. The average molecular weight is 348 g/mol. The Morgan fingerprint density at radius 1 is 0.800 bits per heavy atom. The number of ether oxygens (including phenoxy) is 2.